The van der Waals surface area contributed by atoms with Gasteiger partial charge in [-0.15, -0.1) is 5.92 Å². The third-order valence-corrected chi connectivity index (χ3v) is 4.60. The summed E-state index contributed by atoms with van der Waals surface area (Å²) in [5.74, 6) is 8.33. The van der Waals surface area contributed by atoms with Crippen molar-refractivity contribution in [3.63, 3.8) is 0 Å². The van der Waals surface area contributed by atoms with Gasteiger partial charge in [0.2, 0.25) is 0 Å². The quantitative estimate of drug-likeness (QED) is 0.318. The lowest BCUT2D eigenvalue weighted by atomic mass is 9.96. The molecule has 1 aromatic rings. The van der Waals surface area contributed by atoms with E-state index < -0.39 is 0 Å². The summed E-state index contributed by atoms with van der Waals surface area (Å²) in [5.41, 5.74) is 2.33. The van der Waals surface area contributed by atoms with Gasteiger partial charge in [-0.25, -0.2) is 4.79 Å². The first-order valence-corrected chi connectivity index (χ1v) is 9.02. The highest BCUT2D eigenvalue weighted by molar-refractivity contribution is 9.10. The van der Waals surface area contributed by atoms with Crippen molar-refractivity contribution in [3.8, 4) is 17.6 Å². The van der Waals surface area contributed by atoms with Gasteiger partial charge < -0.3 is 4.74 Å². The fourth-order valence-electron chi connectivity index (χ4n) is 2.59. The number of allylic oxidation sites excluding steroid dienone is 1. The highest BCUT2D eigenvalue weighted by atomic mass is 79.9. The first kappa shape index (κ1) is 19.6. The summed E-state index contributed by atoms with van der Waals surface area (Å²) < 4.78 is 6.13. The lowest BCUT2D eigenvalue weighted by molar-refractivity contribution is 0.412. The topological polar surface area (TPSA) is 26.3 Å². The first-order valence-electron chi connectivity index (χ1n) is 8.23. The highest BCUT2D eigenvalue weighted by Crippen LogP contribution is 2.35. The van der Waals surface area contributed by atoms with Crippen LogP contribution in [0.5, 0.6) is 5.75 Å². The van der Waals surface area contributed by atoms with Crippen molar-refractivity contribution in [1.82, 2.24) is 0 Å². The van der Waals surface area contributed by atoms with Gasteiger partial charge in [-0.2, -0.15) is 0 Å². The molecule has 0 aromatic heterocycles. The van der Waals surface area contributed by atoms with Crippen LogP contribution in [-0.4, -0.2) is 13.1 Å². The number of rotatable bonds is 9. The minimum atomic E-state index is 0.388. The second-order valence-electron chi connectivity index (χ2n) is 5.49. The Balaban J connectivity index is 2.95. The molecule has 0 bridgehead atoms. The van der Waals surface area contributed by atoms with E-state index in [0.29, 0.717) is 11.3 Å². The Morgan fingerprint density at radius 1 is 1.17 bits per heavy atom. The standard InChI is InChI=1S/C20H25BrO2/c1-4-6-7-8-9-10-12-16-13-14-18(23-3)20(21)19(16)17(15-22)11-5-2/h13-14H,4,6-10,12H2,1-3H3. The van der Waals surface area contributed by atoms with Crippen LogP contribution in [0.25, 0.3) is 5.57 Å². The zero-order chi connectivity index (χ0) is 17.1. The monoisotopic (exact) mass is 376 g/mol. The van der Waals surface area contributed by atoms with Crippen LogP contribution in [0.1, 0.15) is 63.5 Å². The Morgan fingerprint density at radius 2 is 1.87 bits per heavy atom. The fraction of sp³-hybridized carbons (Fsp3) is 0.500. The summed E-state index contributed by atoms with van der Waals surface area (Å²) in [4.78, 5) is 11.3. The van der Waals surface area contributed by atoms with Crippen molar-refractivity contribution in [2.24, 2.45) is 0 Å². The minimum absolute atomic E-state index is 0.388. The maximum absolute atomic E-state index is 11.3. The fourth-order valence-corrected chi connectivity index (χ4v) is 3.34. The molecule has 0 aliphatic heterocycles. The lowest BCUT2D eigenvalue weighted by Gasteiger charge is -2.13. The highest BCUT2D eigenvalue weighted by Gasteiger charge is 2.15. The van der Waals surface area contributed by atoms with Gasteiger partial charge in [0, 0.05) is 5.56 Å². The van der Waals surface area contributed by atoms with Crippen molar-refractivity contribution in [3.05, 3.63) is 27.7 Å². The molecule has 0 heterocycles. The van der Waals surface area contributed by atoms with E-state index in [4.69, 9.17) is 4.74 Å². The molecular formula is C20H25BrO2. The van der Waals surface area contributed by atoms with Gasteiger partial charge in [-0.05, 0) is 47.3 Å². The van der Waals surface area contributed by atoms with Crippen molar-refractivity contribution >= 4 is 27.4 Å². The average Bonchev–Trinajstić information content (AvgIpc) is 2.56. The molecule has 0 aliphatic rings. The molecule has 0 atom stereocenters. The summed E-state index contributed by atoms with van der Waals surface area (Å²) in [5, 5.41) is 0. The van der Waals surface area contributed by atoms with Crippen LogP contribution in [0.3, 0.4) is 0 Å². The molecule has 0 saturated carbocycles. The van der Waals surface area contributed by atoms with Crippen LogP contribution in [0.4, 0.5) is 0 Å². The molecule has 0 fully saturated rings. The molecule has 124 valence electrons. The number of benzene rings is 1. The normalized spacial score (nSPS) is 9.74. The Bertz CT molecular complexity index is 617. The predicted octanol–water partition coefficient (Wildman–Crippen LogP) is 5.60. The second kappa shape index (κ2) is 11.1. The number of ether oxygens (including phenoxy) is 1. The van der Waals surface area contributed by atoms with Crippen molar-refractivity contribution in [2.75, 3.05) is 7.11 Å². The summed E-state index contributed by atoms with van der Waals surface area (Å²) in [6.45, 7) is 3.95. The molecule has 0 saturated heterocycles. The Morgan fingerprint density at radius 3 is 2.48 bits per heavy atom. The zero-order valence-corrected chi connectivity index (χ0v) is 15.9. The van der Waals surface area contributed by atoms with E-state index in [-0.39, 0.29) is 0 Å². The van der Waals surface area contributed by atoms with Gasteiger partial charge in [0.25, 0.3) is 0 Å². The molecule has 0 unspecified atom stereocenters. The molecule has 3 heteroatoms. The van der Waals surface area contributed by atoms with Crippen LogP contribution in [0, 0.1) is 11.8 Å². The van der Waals surface area contributed by atoms with Gasteiger partial charge >= 0.3 is 0 Å². The van der Waals surface area contributed by atoms with Gasteiger partial charge in [0.05, 0.1) is 11.6 Å². The van der Waals surface area contributed by atoms with Crippen molar-refractivity contribution in [1.29, 1.82) is 0 Å². The maximum atomic E-state index is 11.3. The number of methoxy groups -OCH3 is 1. The number of unbranched alkanes of at least 4 members (excludes halogenated alkanes) is 5. The molecule has 0 radical (unpaired) electrons. The van der Waals surface area contributed by atoms with E-state index in [1.807, 2.05) is 18.1 Å². The van der Waals surface area contributed by atoms with E-state index in [1.54, 1.807) is 14.0 Å². The zero-order valence-electron chi connectivity index (χ0n) is 14.3. The van der Waals surface area contributed by atoms with Crippen LogP contribution in [0.2, 0.25) is 0 Å². The molecule has 0 N–H and O–H groups in total. The van der Waals surface area contributed by atoms with E-state index in [0.717, 1.165) is 28.4 Å². The number of aryl methyl sites for hydroxylation is 1. The molecule has 0 amide bonds. The average molecular weight is 377 g/mol. The third-order valence-electron chi connectivity index (χ3n) is 3.81. The largest absolute Gasteiger partial charge is 0.496 e. The van der Waals surface area contributed by atoms with Gasteiger partial charge in [0.1, 0.15) is 17.3 Å². The van der Waals surface area contributed by atoms with Gasteiger partial charge in [-0.3, -0.25) is 0 Å². The molecule has 1 rings (SSSR count). The van der Waals surface area contributed by atoms with Crippen molar-refractivity contribution in [2.45, 2.75) is 58.8 Å². The molecular weight excluding hydrogens is 352 g/mol. The predicted molar refractivity (Wildman–Crippen MR) is 100 cm³/mol. The molecule has 0 aliphatic carbocycles. The van der Waals surface area contributed by atoms with Gasteiger partial charge in [-0.1, -0.05) is 51.0 Å². The van der Waals surface area contributed by atoms with Crippen LogP contribution in [0.15, 0.2) is 16.6 Å². The van der Waals surface area contributed by atoms with E-state index in [1.165, 1.54) is 32.1 Å². The summed E-state index contributed by atoms with van der Waals surface area (Å²) in [6, 6.07) is 3.96. The molecule has 0 spiro atoms. The molecule has 2 nitrogen and oxygen atoms in total. The second-order valence-corrected chi connectivity index (χ2v) is 6.28. The Labute approximate surface area is 148 Å². The molecule has 23 heavy (non-hydrogen) atoms. The minimum Gasteiger partial charge on any atom is -0.496 e. The van der Waals surface area contributed by atoms with Crippen molar-refractivity contribution < 1.29 is 9.53 Å². The summed E-state index contributed by atoms with van der Waals surface area (Å²) >= 11 is 3.55. The third kappa shape index (κ3) is 5.90. The maximum Gasteiger partial charge on any atom is 0.142 e. The van der Waals surface area contributed by atoms with E-state index in [9.17, 15) is 4.79 Å². The van der Waals surface area contributed by atoms with E-state index in [2.05, 4.69) is 34.7 Å². The number of halogens is 1. The molecule has 1 aromatic carbocycles. The van der Waals surface area contributed by atoms with Crippen LogP contribution in [-0.2, 0) is 11.2 Å². The number of hydrogen-bond acceptors (Lipinski definition) is 2. The number of carbonyl (C=O) groups excluding carboxylic acids is 1. The van der Waals surface area contributed by atoms with Crippen LogP contribution < -0.4 is 4.74 Å². The first-order chi connectivity index (χ1) is 11.2. The van der Waals surface area contributed by atoms with Crippen LogP contribution >= 0.6 is 15.9 Å². The smallest absolute Gasteiger partial charge is 0.142 e. The van der Waals surface area contributed by atoms with E-state index >= 15 is 0 Å². The summed E-state index contributed by atoms with van der Waals surface area (Å²) in [7, 11) is 1.62. The number of hydrogen-bond donors (Lipinski definition) is 0. The SMILES string of the molecule is CC#CC(=C=O)c1c(CCCCCCCC)ccc(OC)c1Br. The lowest BCUT2D eigenvalue weighted by Crippen LogP contribution is -1.98. The summed E-state index contributed by atoms with van der Waals surface area (Å²) in [6.07, 6.45) is 8.40. The Hall–Kier alpha value is -1.49. The Kier molecular flexibility index (Phi) is 9.45. The van der Waals surface area contributed by atoms with Gasteiger partial charge in [0.15, 0.2) is 0 Å².